The second-order valence-corrected chi connectivity index (χ2v) is 8.76. The summed E-state index contributed by atoms with van der Waals surface area (Å²) in [5, 5.41) is 16.9. The van der Waals surface area contributed by atoms with Crippen molar-refractivity contribution in [3.8, 4) is 11.1 Å². The maximum Gasteiger partial charge on any atom is 0.323 e. The third-order valence-electron chi connectivity index (χ3n) is 5.53. The molecule has 0 saturated heterocycles. The van der Waals surface area contributed by atoms with Crippen LogP contribution >= 0.6 is 11.6 Å². The van der Waals surface area contributed by atoms with Gasteiger partial charge in [0.05, 0.1) is 6.61 Å². The van der Waals surface area contributed by atoms with Crippen molar-refractivity contribution < 1.29 is 19.4 Å². The number of ether oxygens (including phenoxy) is 1. The van der Waals surface area contributed by atoms with Crippen molar-refractivity contribution in [2.75, 3.05) is 6.61 Å². The molecule has 0 fully saturated rings. The number of hydrazone groups is 1. The first-order valence-corrected chi connectivity index (χ1v) is 12.4. The number of benzene rings is 3. The van der Waals surface area contributed by atoms with Crippen molar-refractivity contribution in [2.24, 2.45) is 10.8 Å². The number of carbonyl (C=O) groups is 2. The average Bonchev–Trinajstić information content (AvgIpc) is 3.40. The summed E-state index contributed by atoms with van der Waals surface area (Å²) in [6, 6.07) is 23.0. The summed E-state index contributed by atoms with van der Waals surface area (Å²) in [6.45, 7) is 1.96. The Morgan fingerprint density at radius 1 is 0.974 bits per heavy atom. The summed E-state index contributed by atoms with van der Waals surface area (Å²) >= 11 is 6.07. The molecule has 38 heavy (non-hydrogen) atoms. The fourth-order valence-electron chi connectivity index (χ4n) is 3.71. The topological polar surface area (TPSA) is 150 Å². The van der Waals surface area contributed by atoms with E-state index >= 15 is 0 Å². The summed E-state index contributed by atoms with van der Waals surface area (Å²) in [6.07, 6.45) is 0.576. The molecule has 0 aromatic heterocycles. The van der Waals surface area contributed by atoms with Gasteiger partial charge in [-0.25, -0.2) is 5.53 Å². The molecular weight excluding hydrogens is 508 g/mol. The number of carbonyl (C=O) groups excluding carboxylic acids is 1. The Bertz CT molecular complexity index is 1220. The second kappa shape index (κ2) is 14.6. The standard InChI is InChI=1S/C26H26ClNO4.CH5N5/c1-2-32-26(31)24(16-18-7-4-3-5-8-18)28-23(25(29)30)15-19-11-13-20(14-12-19)21-9-6-10-22(27)17-21;2-1-3-5-6-4-1/h3-14,17,23-24,28H,2,15-16H2,1H3,(H,29,30);5-6H,(H3,2,3,4)/t23-,24-;/m0./s1. The van der Waals surface area contributed by atoms with E-state index in [9.17, 15) is 14.7 Å². The number of nitrogens with two attached hydrogens (primary N) is 1. The van der Waals surface area contributed by atoms with E-state index in [-0.39, 0.29) is 13.0 Å². The van der Waals surface area contributed by atoms with Gasteiger partial charge in [-0.15, -0.1) is 10.6 Å². The lowest BCUT2D eigenvalue weighted by Crippen LogP contribution is -2.49. The maximum absolute atomic E-state index is 12.5. The highest BCUT2D eigenvalue weighted by Gasteiger charge is 2.27. The van der Waals surface area contributed by atoms with E-state index < -0.39 is 24.0 Å². The highest BCUT2D eigenvalue weighted by atomic mass is 35.5. The van der Waals surface area contributed by atoms with E-state index in [1.54, 1.807) is 6.92 Å². The van der Waals surface area contributed by atoms with E-state index in [1.807, 2.05) is 78.9 Å². The van der Waals surface area contributed by atoms with Crippen LogP contribution in [0, 0.1) is 0 Å². The fraction of sp³-hybridized carbons (Fsp3) is 0.222. The number of hydrazine groups is 2. The second-order valence-electron chi connectivity index (χ2n) is 8.32. The molecule has 0 spiro atoms. The van der Waals surface area contributed by atoms with Crippen LogP contribution in [0.5, 0.6) is 0 Å². The molecule has 3 aromatic carbocycles. The number of hydrogen-bond acceptors (Lipinski definition) is 9. The molecule has 0 saturated carbocycles. The number of halogens is 1. The molecule has 3 aromatic rings. The number of guanidine groups is 1. The van der Waals surface area contributed by atoms with Crippen LogP contribution < -0.4 is 27.5 Å². The number of rotatable bonds is 10. The molecule has 200 valence electrons. The molecule has 0 radical (unpaired) electrons. The molecule has 1 aliphatic heterocycles. The van der Waals surface area contributed by atoms with E-state index in [0.717, 1.165) is 22.3 Å². The first-order valence-electron chi connectivity index (χ1n) is 12.0. The monoisotopic (exact) mass is 538 g/mol. The summed E-state index contributed by atoms with van der Waals surface area (Å²) in [5.74, 6) is -1.12. The van der Waals surface area contributed by atoms with Crippen LogP contribution in [0.3, 0.4) is 0 Å². The summed E-state index contributed by atoms with van der Waals surface area (Å²) < 4.78 is 5.18. The molecule has 11 heteroatoms. The van der Waals surface area contributed by atoms with Gasteiger partial charge in [-0.2, -0.15) is 0 Å². The lowest BCUT2D eigenvalue weighted by atomic mass is 9.99. The van der Waals surface area contributed by atoms with Crippen molar-refractivity contribution in [1.29, 1.82) is 0 Å². The smallest absolute Gasteiger partial charge is 0.323 e. The van der Waals surface area contributed by atoms with E-state index in [2.05, 4.69) is 26.9 Å². The number of nitrogens with zero attached hydrogens (tertiary/aromatic N) is 1. The highest BCUT2D eigenvalue weighted by molar-refractivity contribution is 6.30. The first kappa shape index (κ1) is 28.5. The summed E-state index contributed by atoms with van der Waals surface area (Å²) in [7, 11) is 0. The number of hydrogen-bond donors (Lipinski definition) is 6. The van der Waals surface area contributed by atoms with Crippen molar-refractivity contribution in [3.63, 3.8) is 0 Å². The molecular formula is C27H31ClN6O4. The highest BCUT2D eigenvalue weighted by Crippen LogP contribution is 2.23. The Morgan fingerprint density at radius 2 is 1.66 bits per heavy atom. The molecule has 0 unspecified atom stereocenters. The minimum atomic E-state index is -1.02. The van der Waals surface area contributed by atoms with Crippen LogP contribution in [0.1, 0.15) is 18.1 Å². The zero-order valence-corrected chi connectivity index (χ0v) is 21.6. The zero-order valence-electron chi connectivity index (χ0n) is 20.9. The number of carboxylic acids is 1. The Hall–Kier alpha value is -4.12. The molecule has 0 amide bonds. The normalized spacial score (nSPS) is 13.6. The first-order chi connectivity index (χ1) is 18.4. The lowest BCUT2D eigenvalue weighted by Gasteiger charge is -2.22. The van der Waals surface area contributed by atoms with Crippen molar-refractivity contribution >= 4 is 29.5 Å². The third kappa shape index (κ3) is 9.07. The van der Waals surface area contributed by atoms with Gasteiger partial charge in [0.1, 0.15) is 12.1 Å². The molecule has 1 heterocycles. The maximum atomic E-state index is 12.5. The summed E-state index contributed by atoms with van der Waals surface area (Å²) in [5.41, 5.74) is 16.1. The van der Waals surface area contributed by atoms with Gasteiger partial charge >= 0.3 is 11.9 Å². The Labute approximate surface area is 226 Å². The average molecular weight is 539 g/mol. The predicted molar refractivity (Wildman–Crippen MR) is 147 cm³/mol. The van der Waals surface area contributed by atoms with Crippen LogP contribution in [0.25, 0.3) is 11.1 Å². The molecule has 1 aliphatic rings. The number of carboxylic acid groups (broad SMARTS) is 1. The van der Waals surface area contributed by atoms with Gasteiger partial charge in [-0.3, -0.25) is 20.3 Å². The van der Waals surface area contributed by atoms with E-state index in [0.29, 0.717) is 17.4 Å². The quantitative estimate of drug-likeness (QED) is 0.214. The van der Waals surface area contributed by atoms with Crippen LogP contribution in [0.15, 0.2) is 84.0 Å². The number of aliphatic carboxylic acids is 1. The molecule has 4 rings (SSSR count). The Kier molecular flexibility index (Phi) is 10.9. The Balaban J connectivity index is 0.000000585. The summed E-state index contributed by atoms with van der Waals surface area (Å²) in [4.78, 5) is 24.5. The van der Waals surface area contributed by atoms with Crippen molar-refractivity contribution in [1.82, 2.24) is 21.8 Å². The van der Waals surface area contributed by atoms with Crippen LogP contribution in [0.4, 0.5) is 0 Å². The van der Waals surface area contributed by atoms with Gasteiger partial charge in [0, 0.05) is 5.02 Å². The fourth-order valence-corrected chi connectivity index (χ4v) is 3.90. The lowest BCUT2D eigenvalue weighted by molar-refractivity contribution is -0.147. The third-order valence-corrected chi connectivity index (χ3v) is 5.76. The van der Waals surface area contributed by atoms with Crippen LogP contribution in [0.2, 0.25) is 5.02 Å². The molecule has 0 bridgehead atoms. The van der Waals surface area contributed by atoms with E-state index in [1.165, 1.54) is 0 Å². The van der Waals surface area contributed by atoms with Gasteiger partial charge in [0.2, 0.25) is 5.96 Å². The minimum Gasteiger partial charge on any atom is -0.480 e. The molecule has 7 N–H and O–H groups in total. The molecule has 2 atom stereocenters. The molecule has 0 aliphatic carbocycles. The van der Waals surface area contributed by atoms with Crippen LogP contribution in [-0.2, 0) is 27.2 Å². The van der Waals surface area contributed by atoms with Gasteiger partial charge in [0.25, 0.3) is 0 Å². The largest absolute Gasteiger partial charge is 0.480 e. The predicted octanol–water partition coefficient (Wildman–Crippen LogP) is 2.60. The minimum absolute atomic E-state index is 0.231. The van der Waals surface area contributed by atoms with Crippen molar-refractivity contribution in [2.45, 2.75) is 31.8 Å². The Morgan fingerprint density at radius 3 is 2.21 bits per heavy atom. The van der Waals surface area contributed by atoms with Crippen molar-refractivity contribution in [3.05, 3.63) is 95.0 Å². The van der Waals surface area contributed by atoms with Crippen LogP contribution in [-0.4, -0.2) is 41.7 Å². The van der Waals surface area contributed by atoms with Gasteiger partial charge in [0.15, 0.2) is 0 Å². The van der Waals surface area contributed by atoms with Gasteiger partial charge in [-0.05, 0) is 54.2 Å². The van der Waals surface area contributed by atoms with Gasteiger partial charge < -0.3 is 15.6 Å². The number of nitrogens with one attached hydrogen (secondary N) is 4. The zero-order chi connectivity index (χ0) is 27.3. The molecule has 10 nitrogen and oxygen atoms in total. The van der Waals surface area contributed by atoms with E-state index in [4.69, 9.17) is 22.1 Å². The number of esters is 1. The SMILES string of the molecule is CCOC(=O)[C@H](Cc1ccccc1)N[C@@H](Cc1ccc(-c2cccc(Cl)c2)cc1)C(=O)O.NC1=NNNN1. The van der Waals surface area contributed by atoms with Gasteiger partial charge in [-0.1, -0.05) is 78.3 Å².